The molecule has 0 saturated carbocycles. The number of hydrogen-bond donors (Lipinski definition) is 1. The summed E-state index contributed by atoms with van der Waals surface area (Å²) in [6.07, 6.45) is 3.66. The molecule has 3 heterocycles. The van der Waals surface area contributed by atoms with E-state index in [1.165, 1.54) is 5.56 Å². The molecular weight excluding hydrogens is 342 g/mol. The molecule has 138 valence electrons. The molecule has 0 aromatic carbocycles. The normalized spacial score (nSPS) is 23.9. The molecule has 1 N–H and O–H groups in total. The monoisotopic (exact) mass is 367 g/mol. The second-order valence-electron chi connectivity index (χ2n) is 6.18. The lowest BCUT2D eigenvalue weighted by Crippen LogP contribution is -2.43. The Morgan fingerprint density at radius 3 is 2.92 bits per heavy atom. The summed E-state index contributed by atoms with van der Waals surface area (Å²) in [6.45, 7) is 2.98. The minimum Gasteiger partial charge on any atom is -0.459 e. The average molecular weight is 367 g/mol. The molecule has 0 aliphatic carbocycles. The third kappa shape index (κ3) is 5.04. The van der Waals surface area contributed by atoms with Crippen molar-refractivity contribution < 1.29 is 24.1 Å². The number of amides is 1. The molecule has 1 aromatic heterocycles. The number of unbranched alkanes of at least 4 members (excludes halogenated alkanes) is 1. The van der Waals surface area contributed by atoms with E-state index in [4.69, 9.17) is 19.3 Å². The predicted molar refractivity (Wildman–Crippen MR) is 94.3 cm³/mol. The first-order chi connectivity index (χ1) is 12.3. The average Bonchev–Trinajstić information content (AvgIpc) is 3.20. The number of morpholine rings is 1. The van der Waals surface area contributed by atoms with Gasteiger partial charge >= 0.3 is 0 Å². The summed E-state index contributed by atoms with van der Waals surface area (Å²) in [6, 6.07) is 2.08. The van der Waals surface area contributed by atoms with Crippen LogP contribution in [0.15, 0.2) is 28.7 Å². The van der Waals surface area contributed by atoms with Crippen LogP contribution in [0.5, 0.6) is 0 Å². The Balaban J connectivity index is 1.68. The second-order valence-corrected chi connectivity index (χ2v) is 6.96. The molecule has 1 fully saturated rings. The van der Waals surface area contributed by atoms with Crippen LogP contribution in [0.25, 0.3) is 0 Å². The molecule has 0 unspecified atom stereocenters. The van der Waals surface area contributed by atoms with Gasteiger partial charge in [0.25, 0.3) is 5.91 Å². The lowest BCUT2D eigenvalue weighted by Gasteiger charge is -2.32. The van der Waals surface area contributed by atoms with Crippen molar-refractivity contribution in [1.82, 2.24) is 4.90 Å². The largest absolute Gasteiger partial charge is 0.459 e. The van der Waals surface area contributed by atoms with Gasteiger partial charge in [0.15, 0.2) is 5.76 Å². The van der Waals surface area contributed by atoms with Crippen LogP contribution in [0.3, 0.4) is 0 Å². The molecule has 1 aromatic rings. The van der Waals surface area contributed by atoms with Crippen molar-refractivity contribution in [3.05, 3.63) is 34.2 Å². The van der Waals surface area contributed by atoms with Gasteiger partial charge in [-0.15, -0.1) is 0 Å². The van der Waals surface area contributed by atoms with E-state index >= 15 is 0 Å². The maximum absolute atomic E-state index is 12.8. The Kier molecular flexibility index (Phi) is 6.86. The quantitative estimate of drug-likeness (QED) is 0.748. The van der Waals surface area contributed by atoms with Crippen LogP contribution in [-0.4, -0.2) is 61.7 Å². The SMILES string of the molecule is O=C(C1=C[C@H](c2ccsc2)C[C@H](OCCCCO)O1)N1CCOCC1. The lowest BCUT2D eigenvalue weighted by atomic mass is 9.95. The molecule has 0 radical (unpaired) electrons. The summed E-state index contributed by atoms with van der Waals surface area (Å²) in [5.74, 6) is 0.395. The fraction of sp³-hybridized carbons (Fsp3) is 0.611. The van der Waals surface area contributed by atoms with E-state index in [0.29, 0.717) is 51.5 Å². The van der Waals surface area contributed by atoms with Crippen molar-refractivity contribution in [2.75, 3.05) is 39.5 Å². The molecule has 25 heavy (non-hydrogen) atoms. The third-order valence-electron chi connectivity index (χ3n) is 4.39. The minimum absolute atomic E-state index is 0.0906. The highest BCUT2D eigenvalue weighted by Gasteiger charge is 2.31. The van der Waals surface area contributed by atoms with Crippen molar-refractivity contribution in [3.8, 4) is 0 Å². The molecule has 0 bridgehead atoms. The van der Waals surface area contributed by atoms with Gasteiger partial charge in [-0.3, -0.25) is 4.79 Å². The predicted octanol–water partition coefficient (Wildman–Crippen LogP) is 2.11. The molecule has 1 amide bonds. The van der Waals surface area contributed by atoms with E-state index in [-0.39, 0.29) is 18.4 Å². The smallest absolute Gasteiger partial charge is 0.288 e. The van der Waals surface area contributed by atoms with Crippen molar-refractivity contribution in [2.24, 2.45) is 0 Å². The number of allylic oxidation sites excluding steroid dienone is 1. The molecule has 0 spiro atoms. The highest BCUT2D eigenvalue weighted by Crippen LogP contribution is 2.33. The number of hydrogen-bond acceptors (Lipinski definition) is 6. The number of thiophene rings is 1. The first-order valence-corrected chi connectivity index (χ1v) is 9.72. The van der Waals surface area contributed by atoms with Gasteiger partial charge in [0.2, 0.25) is 6.29 Å². The molecular formula is C18H25NO5S. The van der Waals surface area contributed by atoms with Gasteiger partial charge in [-0.25, -0.2) is 0 Å². The van der Waals surface area contributed by atoms with E-state index in [2.05, 4.69) is 11.4 Å². The van der Waals surface area contributed by atoms with Crippen LogP contribution < -0.4 is 0 Å². The van der Waals surface area contributed by atoms with Crippen LogP contribution in [0.2, 0.25) is 0 Å². The number of aliphatic hydroxyl groups excluding tert-OH is 1. The van der Waals surface area contributed by atoms with Crippen LogP contribution in [0.4, 0.5) is 0 Å². The highest BCUT2D eigenvalue weighted by atomic mass is 32.1. The first kappa shape index (κ1) is 18.4. The van der Waals surface area contributed by atoms with Gasteiger partial charge in [-0.05, 0) is 41.3 Å². The summed E-state index contributed by atoms with van der Waals surface area (Å²) >= 11 is 1.65. The fourth-order valence-corrected chi connectivity index (χ4v) is 3.70. The van der Waals surface area contributed by atoms with Gasteiger partial charge in [-0.1, -0.05) is 0 Å². The van der Waals surface area contributed by atoms with Gasteiger partial charge in [0.05, 0.1) is 19.8 Å². The number of carbonyl (C=O) groups excluding carboxylic acids is 1. The van der Waals surface area contributed by atoms with Crippen LogP contribution in [0.1, 0.15) is 30.7 Å². The summed E-state index contributed by atoms with van der Waals surface area (Å²) in [5, 5.41) is 13.0. The van der Waals surface area contributed by atoms with Gasteiger partial charge in [0, 0.05) is 32.0 Å². The van der Waals surface area contributed by atoms with Crippen molar-refractivity contribution >= 4 is 17.2 Å². The first-order valence-electron chi connectivity index (χ1n) is 8.78. The van der Waals surface area contributed by atoms with E-state index in [9.17, 15) is 4.79 Å². The Morgan fingerprint density at radius 1 is 1.36 bits per heavy atom. The number of nitrogens with zero attached hydrogens (tertiary/aromatic N) is 1. The van der Waals surface area contributed by atoms with Gasteiger partial charge in [-0.2, -0.15) is 11.3 Å². The topological polar surface area (TPSA) is 68.2 Å². The number of carbonyl (C=O) groups is 1. The number of rotatable bonds is 7. The number of aliphatic hydroxyl groups is 1. The van der Waals surface area contributed by atoms with Crippen LogP contribution in [-0.2, 0) is 19.0 Å². The third-order valence-corrected chi connectivity index (χ3v) is 5.10. The van der Waals surface area contributed by atoms with Crippen LogP contribution in [0, 0.1) is 0 Å². The van der Waals surface area contributed by atoms with Crippen molar-refractivity contribution in [2.45, 2.75) is 31.5 Å². The van der Waals surface area contributed by atoms with Crippen molar-refractivity contribution in [3.63, 3.8) is 0 Å². The molecule has 2 aliphatic rings. The minimum atomic E-state index is -0.436. The Bertz CT molecular complexity index is 568. The fourth-order valence-electron chi connectivity index (χ4n) is 2.98. The zero-order chi connectivity index (χ0) is 17.5. The Morgan fingerprint density at radius 2 is 2.20 bits per heavy atom. The zero-order valence-corrected chi connectivity index (χ0v) is 15.1. The van der Waals surface area contributed by atoms with E-state index in [1.54, 1.807) is 16.2 Å². The second kappa shape index (κ2) is 9.33. The maximum Gasteiger partial charge on any atom is 0.288 e. The zero-order valence-electron chi connectivity index (χ0n) is 14.3. The Labute approximate surface area is 152 Å². The maximum atomic E-state index is 12.8. The van der Waals surface area contributed by atoms with Gasteiger partial charge < -0.3 is 24.2 Å². The highest BCUT2D eigenvalue weighted by molar-refractivity contribution is 7.08. The van der Waals surface area contributed by atoms with E-state index in [0.717, 1.165) is 6.42 Å². The molecule has 6 nitrogen and oxygen atoms in total. The van der Waals surface area contributed by atoms with E-state index in [1.807, 2.05) is 11.5 Å². The lowest BCUT2D eigenvalue weighted by molar-refractivity contribution is -0.155. The number of ether oxygens (including phenoxy) is 3. The molecule has 1 saturated heterocycles. The summed E-state index contributed by atoms with van der Waals surface area (Å²) in [7, 11) is 0. The molecule has 3 rings (SSSR count). The Hall–Kier alpha value is -1.41. The summed E-state index contributed by atoms with van der Waals surface area (Å²) in [4.78, 5) is 14.6. The van der Waals surface area contributed by atoms with E-state index < -0.39 is 6.29 Å². The molecule has 2 aliphatic heterocycles. The standard InChI is InChI=1S/C18H25NO5S/c20-6-1-2-7-23-17-12-15(14-3-10-25-13-14)11-16(24-17)18(21)19-4-8-22-9-5-19/h3,10-11,13,15,17,20H,1-2,4-9,12H2/t15-,17+/m0/s1. The van der Waals surface area contributed by atoms with Gasteiger partial charge in [0.1, 0.15) is 0 Å². The molecule has 7 heteroatoms. The molecule has 2 atom stereocenters. The van der Waals surface area contributed by atoms with Crippen molar-refractivity contribution in [1.29, 1.82) is 0 Å². The summed E-state index contributed by atoms with van der Waals surface area (Å²) < 4.78 is 17.0. The summed E-state index contributed by atoms with van der Waals surface area (Å²) in [5.41, 5.74) is 1.18. The van der Waals surface area contributed by atoms with Crippen LogP contribution >= 0.6 is 11.3 Å².